The SMILES string of the molecule is CC(C1CCNCC1)N(C)Cc1cc2nc(Cl)nc(N3CCOCC3)c2s1. The van der Waals surface area contributed by atoms with E-state index in [1.807, 2.05) is 0 Å². The minimum absolute atomic E-state index is 0.324. The van der Waals surface area contributed by atoms with Crippen molar-refractivity contribution in [3.05, 3.63) is 16.2 Å². The van der Waals surface area contributed by atoms with Crippen molar-refractivity contribution in [3.63, 3.8) is 0 Å². The number of ether oxygens (including phenoxy) is 1. The molecule has 0 aromatic carbocycles. The Hall–Kier alpha value is -0.990. The van der Waals surface area contributed by atoms with Crippen LogP contribution in [-0.2, 0) is 11.3 Å². The van der Waals surface area contributed by atoms with E-state index in [9.17, 15) is 0 Å². The van der Waals surface area contributed by atoms with E-state index < -0.39 is 0 Å². The highest BCUT2D eigenvalue weighted by Crippen LogP contribution is 2.34. The molecule has 1 atom stereocenters. The minimum Gasteiger partial charge on any atom is -0.378 e. The number of piperidine rings is 1. The number of anilines is 1. The minimum atomic E-state index is 0.324. The van der Waals surface area contributed by atoms with Crippen molar-refractivity contribution in [1.82, 2.24) is 20.2 Å². The Morgan fingerprint density at radius 2 is 2.07 bits per heavy atom. The molecule has 0 spiro atoms. The molecule has 2 aromatic heterocycles. The lowest BCUT2D eigenvalue weighted by Crippen LogP contribution is -2.40. The maximum atomic E-state index is 6.22. The van der Waals surface area contributed by atoms with Gasteiger partial charge in [0.1, 0.15) is 0 Å². The van der Waals surface area contributed by atoms with Gasteiger partial charge in [-0.2, -0.15) is 4.98 Å². The summed E-state index contributed by atoms with van der Waals surface area (Å²) < 4.78 is 6.62. The molecule has 2 aliphatic heterocycles. The molecule has 2 aliphatic rings. The summed E-state index contributed by atoms with van der Waals surface area (Å²) in [5.41, 5.74) is 0.958. The van der Waals surface area contributed by atoms with Crippen molar-refractivity contribution in [2.45, 2.75) is 32.4 Å². The molecule has 0 saturated carbocycles. The molecule has 27 heavy (non-hydrogen) atoms. The molecular formula is C19H28ClN5OS. The molecule has 4 heterocycles. The summed E-state index contributed by atoms with van der Waals surface area (Å²) in [6, 6.07) is 2.76. The predicted molar refractivity (Wildman–Crippen MR) is 112 cm³/mol. The fourth-order valence-corrected chi connectivity index (χ4v) is 5.43. The van der Waals surface area contributed by atoms with Gasteiger partial charge < -0.3 is 15.0 Å². The van der Waals surface area contributed by atoms with E-state index in [1.54, 1.807) is 11.3 Å². The van der Waals surface area contributed by atoms with Gasteiger partial charge in [0.25, 0.3) is 0 Å². The van der Waals surface area contributed by atoms with Gasteiger partial charge in [0, 0.05) is 30.6 Å². The van der Waals surface area contributed by atoms with Crippen LogP contribution in [0.25, 0.3) is 10.2 Å². The summed E-state index contributed by atoms with van der Waals surface area (Å²) in [4.78, 5) is 15.1. The number of hydrogen-bond acceptors (Lipinski definition) is 7. The van der Waals surface area contributed by atoms with E-state index in [0.717, 1.165) is 67.9 Å². The highest BCUT2D eigenvalue weighted by atomic mass is 35.5. The Morgan fingerprint density at radius 1 is 1.33 bits per heavy atom. The van der Waals surface area contributed by atoms with Crippen molar-refractivity contribution in [3.8, 4) is 0 Å². The molecule has 6 nitrogen and oxygen atoms in total. The second-order valence-electron chi connectivity index (χ2n) is 7.59. The van der Waals surface area contributed by atoms with Gasteiger partial charge in [-0.3, -0.25) is 4.90 Å². The van der Waals surface area contributed by atoms with Gasteiger partial charge in [-0.05, 0) is 63.5 Å². The Morgan fingerprint density at radius 3 is 2.81 bits per heavy atom. The van der Waals surface area contributed by atoms with Gasteiger partial charge >= 0.3 is 0 Å². The Kier molecular flexibility index (Phi) is 6.14. The first kappa shape index (κ1) is 19.3. The number of hydrogen-bond donors (Lipinski definition) is 1. The molecule has 2 aromatic rings. The molecule has 0 radical (unpaired) electrons. The van der Waals surface area contributed by atoms with E-state index in [0.29, 0.717) is 11.3 Å². The molecule has 1 N–H and O–H groups in total. The lowest BCUT2D eigenvalue weighted by atomic mass is 9.90. The van der Waals surface area contributed by atoms with E-state index in [1.165, 1.54) is 17.7 Å². The van der Waals surface area contributed by atoms with Crippen molar-refractivity contribution in [2.24, 2.45) is 5.92 Å². The van der Waals surface area contributed by atoms with Crippen molar-refractivity contribution >= 4 is 39.0 Å². The normalized spacial score (nSPS) is 20.5. The molecule has 148 valence electrons. The lowest BCUT2D eigenvalue weighted by molar-refractivity contribution is 0.122. The summed E-state index contributed by atoms with van der Waals surface area (Å²) in [6.07, 6.45) is 2.53. The van der Waals surface area contributed by atoms with Crippen LogP contribution >= 0.6 is 22.9 Å². The Balaban J connectivity index is 1.54. The topological polar surface area (TPSA) is 53.5 Å². The number of rotatable bonds is 5. The van der Waals surface area contributed by atoms with Crippen LogP contribution in [0.4, 0.5) is 5.82 Å². The van der Waals surface area contributed by atoms with Crippen LogP contribution in [-0.4, -0.2) is 67.4 Å². The van der Waals surface area contributed by atoms with E-state index in [-0.39, 0.29) is 0 Å². The van der Waals surface area contributed by atoms with Crippen molar-refractivity contribution in [1.29, 1.82) is 0 Å². The smallest absolute Gasteiger partial charge is 0.224 e. The van der Waals surface area contributed by atoms with Crippen LogP contribution in [0.3, 0.4) is 0 Å². The zero-order valence-electron chi connectivity index (χ0n) is 16.1. The fraction of sp³-hybridized carbons (Fsp3) is 0.684. The number of thiophene rings is 1. The van der Waals surface area contributed by atoms with Crippen LogP contribution in [0, 0.1) is 5.92 Å². The summed E-state index contributed by atoms with van der Waals surface area (Å²) >= 11 is 8.02. The molecule has 2 saturated heterocycles. The molecule has 0 amide bonds. The molecule has 0 bridgehead atoms. The Labute approximate surface area is 169 Å². The van der Waals surface area contributed by atoms with Gasteiger partial charge in [0.05, 0.1) is 23.4 Å². The van der Waals surface area contributed by atoms with Crippen LogP contribution in [0.5, 0.6) is 0 Å². The lowest BCUT2D eigenvalue weighted by Gasteiger charge is -2.34. The van der Waals surface area contributed by atoms with Crippen molar-refractivity contribution < 1.29 is 4.74 Å². The van der Waals surface area contributed by atoms with Crippen LogP contribution in [0.15, 0.2) is 6.07 Å². The van der Waals surface area contributed by atoms with E-state index in [2.05, 4.69) is 45.1 Å². The molecule has 2 fully saturated rings. The van der Waals surface area contributed by atoms with Gasteiger partial charge in [0.15, 0.2) is 5.82 Å². The summed E-state index contributed by atoms with van der Waals surface area (Å²) in [7, 11) is 2.23. The van der Waals surface area contributed by atoms with Crippen LogP contribution < -0.4 is 10.2 Å². The number of nitrogens with one attached hydrogen (secondary N) is 1. The maximum Gasteiger partial charge on any atom is 0.224 e. The molecular weight excluding hydrogens is 382 g/mol. The summed E-state index contributed by atoms with van der Waals surface area (Å²) in [6.45, 7) is 8.75. The second kappa shape index (κ2) is 8.57. The number of halogens is 1. The number of morpholine rings is 1. The van der Waals surface area contributed by atoms with Gasteiger partial charge in [-0.1, -0.05) is 0 Å². The van der Waals surface area contributed by atoms with Gasteiger partial charge in [-0.15, -0.1) is 11.3 Å². The summed E-state index contributed by atoms with van der Waals surface area (Å²) in [5.74, 6) is 1.72. The summed E-state index contributed by atoms with van der Waals surface area (Å²) in [5, 5.41) is 3.78. The molecule has 0 aliphatic carbocycles. The van der Waals surface area contributed by atoms with Gasteiger partial charge in [0.2, 0.25) is 5.28 Å². The quantitative estimate of drug-likeness (QED) is 0.766. The van der Waals surface area contributed by atoms with E-state index >= 15 is 0 Å². The Bertz CT molecular complexity index is 773. The molecule has 1 unspecified atom stereocenters. The molecule has 8 heteroatoms. The first-order valence-electron chi connectivity index (χ1n) is 9.81. The number of nitrogens with zero attached hydrogens (tertiary/aromatic N) is 4. The maximum absolute atomic E-state index is 6.22. The third-order valence-corrected chi connectivity index (χ3v) is 7.13. The fourth-order valence-electron chi connectivity index (χ4n) is 4.08. The predicted octanol–water partition coefficient (Wildman–Crippen LogP) is 3.00. The highest BCUT2D eigenvalue weighted by Gasteiger charge is 2.24. The first-order chi connectivity index (χ1) is 13.1. The monoisotopic (exact) mass is 409 g/mol. The second-order valence-corrected chi connectivity index (χ2v) is 9.06. The van der Waals surface area contributed by atoms with Crippen molar-refractivity contribution in [2.75, 3.05) is 51.3 Å². The third-order valence-electron chi connectivity index (χ3n) is 5.85. The third kappa shape index (κ3) is 4.38. The van der Waals surface area contributed by atoms with Crippen LogP contribution in [0.2, 0.25) is 5.28 Å². The number of fused-ring (bicyclic) bond motifs is 1. The zero-order chi connectivity index (χ0) is 18.8. The zero-order valence-corrected chi connectivity index (χ0v) is 17.7. The first-order valence-corrected chi connectivity index (χ1v) is 11.0. The average molecular weight is 410 g/mol. The van der Waals surface area contributed by atoms with E-state index in [4.69, 9.17) is 16.3 Å². The standard InChI is InChI=1S/C19H28ClN5OS/c1-13(14-3-5-21-6-4-14)24(2)12-15-11-16-17(27-15)18(23-19(20)22-16)25-7-9-26-10-8-25/h11,13-14,21H,3-10,12H2,1-2H3. The van der Waals surface area contributed by atoms with Gasteiger partial charge in [-0.25, -0.2) is 4.98 Å². The van der Waals surface area contributed by atoms with Crippen LogP contribution in [0.1, 0.15) is 24.6 Å². The molecule has 4 rings (SSSR count). The highest BCUT2D eigenvalue weighted by molar-refractivity contribution is 7.19. The number of aromatic nitrogens is 2. The average Bonchev–Trinajstić information content (AvgIpc) is 3.10. The largest absolute Gasteiger partial charge is 0.378 e.